The molecule has 0 spiro atoms. The lowest BCUT2D eigenvalue weighted by molar-refractivity contribution is -0.123. The number of nitrogens with zero attached hydrogens (tertiary/aromatic N) is 1. The Balaban J connectivity index is 2.21. The number of hydrogen-bond donors (Lipinski definition) is 2. The van der Waals surface area contributed by atoms with Gasteiger partial charge in [0.2, 0.25) is 15.9 Å². The summed E-state index contributed by atoms with van der Waals surface area (Å²) in [5.74, 6) is -0.890. The fourth-order valence-electron chi connectivity index (χ4n) is 2.18. The van der Waals surface area contributed by atoms with Gasteiger partial charge >= 0.3 is 0 Å². The summed E-state index contributed by atoms with van der Waals surface area (Å²) in [4.78, 5) is 23.5. The van der Waals surface area contributed by atoms with Crippen molar-refractivity contribution in [3.8, 4) is 0 Å². The molecular formula is C15H20ClN3O4S. The molecule has 0 unspecified atom stereocenters. The molecule has 0 aliphatic heterocycles. The zero-order valence-electron chi connectivity index (χ0n) is 13.5. The Morgan fingerprint density at radius 1 is 1.21 bits per heavy atom. The van der Waals surface area contributed by atoms with Crippen LogP contribution in [0.2, 0.25) is 5.02 Å². The van der Waals surface area contributed by atoms with E-state index in [0.717, 1.165) is 12.8 Å². The summed E-state index contributed by atoms with van der Waals surface area (Å²) in [6.07, 6.45) is 1.63. The molecule has 1 fully saturated rings. The van der Waals surface area contributed by atoms with Crippen LogP contribution in [-0.4, -0.2) is 37.6 Å². The molecule has 0 saturated heterocycles. The van der Waals surface area contributed by atoms with Crippen LogP contribution in [0.5, 0.6) is 0 Å². The van der Waals surface area contributed by atoms with Crippen molar-refractivity contribution in [2.24, 2.45) is 5.92 Å². The molecule has 0 bridgehead atoms. The first-order chi connectivity index (χ1) is 11.3. The van der Waals surface area contributed by atoms with Crippen LogP contribution in [-0.2, 0) is 14.8 Å². The third-order valence-corrected chi connectivity index (χ3v) is 6.30. The van der Waals surface area contributed by atoms with E-state index in [0.29, 0.717) is 13.1 Å². The zero-order valence-corrected chi connectivity index (χ0v) is 15.1. The van der Waals surface area contributed by atoms with Gasteiger partial charge in [-0.1, -0.05) is 25.4 Å². The van der Waals surface area contributed by atoms with Crippen LogP contribution in [0.1, 0.15) is 37.0 Å². The van der Waals surface area contributed by atoms with Crippen LogP contribution in [0.25, 0.3) is 0 Å². The first-order valence-electron chi connectivity index (χ1n) is 7.71. The van der Waals surface area contributed by atoms with Crippen molar-refractivity contribution >= 4 is 33.4 Å². The number of amides is 2. The van der Waals surface area contributed by atoms with E-state index >= 15 is 0 Å². The third-order valence-electron chi connectivity index (χ3n) is 3.76. The number of rotatable bonds is 6. The molecule has 0 radical (unpaired) electrons. The molecule has 2 amide bonds. The normalized spacial score (nSPS) is 14.5. The lowest BCUT2D eigenvalue weighted by Gasteiger charge is -2.19. The van der Waals surface area contributed by atoms with Gasteiger partial charge in [-0.25, -0.2) is 8.42 Å². The van der Waals surface area contributed by atoms with Gasteiger partial charge in [-0.3, -0.25) is 20.4 Å². The van der Waals surface area contributed by atoms with Gasteiger partial charge in [0.1, 0.15) is 4.90 Å². The second-order valence-corrected chi connectivity index (χ2v) is 7.77. The van der Waals surface area contributed by atoms with Gasteiger partial charge < -0.3 is 0 Å². The van der Waals surface area contributed by atoms with E-state index in [1.807, 2.05) is 0 Å². The second-order valence-electron chi connectivity index (χ2n) is 5.45. The Morgan fingerprint density at radius 2 is 1.83 bits per heavy atom. The largest absolute Gasteiger partial charge is 0.273 e. The summed E-state index contributed by atoms with van der Waals surface area (Å²) in [5.41, 5.74) is 4.71. The Kier molecular flexibility index (Phi) is 5.84. The molecule has 0 atom stereocenters. The van der Waals surface area contributed by atoms with Crippen LogP contribution < -0.4 is 10.9 Å². The topological polar surface area (TPSA) is 95.6 Å². The summed E-state index contributed by atoms with van der Waals surface area (Å²) in [6, 6.07) is 3.98. The van der Waals surface area contributed by atoms with E-state index in [9.17, 15) is 18.0 Å². The van der Waals surface area contributed by atoms with Gasteiger partial charge in [-0.2, -0.15) is 4.31 Å². The van der Waals surface area contributed by atoms with E-state index in [1.165, 1.54) is 22.5 Å². The van der Waals surface area contributed by atoms with Crippen LogP contribution in [0.4, 0.5) is 0 Å². The van der Waals surface area contributed by atoms with Crippen molar-refractivity contribution in [3.63, 3.8) is 0 Å². The molecule has 2 rings (SSSR count). The van der Waals surface area contributed by atoms with Gasteiger partial charge in [0.25, 0.3) is 5.91 Å². The van der Waals surface area contributed by atoms with Crippen molar-refractivity contribution in [3.05, 3.63) is 28.8 Å². The Labute approximate surface area is 146 Å². The number of sulfonamides is 1. The fraction of sp³-hybridized carbons (Fsp3) is 0.467. The SMILES string of the molecule is CCN(CC)S(=O)(=O)c1cc(C(=O)NNC(=O)C2CC2)ccc1Cl. The lowest BCUT2D eigenvalue weighted by atomic mass is 10.2. The number of halogens is 1. The fourth-order valence-corrected chi connectivity index (χ4v) is 4.14. The molecule has 9 heteroatoms. The third kappa shape index (κ3) is 4.06. The van der Waals surface area contributed by atoms with Gasteiger partial charge in [0.15, 0.2) is 0 Å². The summed E-state index contributed by atoms with van der Waals surface area (Å²) < 4.78 is 26.4. The number of nitrogens with one attached hydrogen (secondary N) is 2. The number of hydrogen-bond acceptors (Lipinski definition) is 4. The van der Waals surface area contributed by atoms with E-state index in [2.05, 4.69) is 10.9 Å². The average Bonchev–Trinajstić information content (AvgIpc) is 3.38. The quantitative estimate of drug-likeness (QED) is 0.739. The molecule has 7 nitrogen and oxygen atoms in total. The zero-order chi connectivity index (χ0) is 17.9. The minimum Gasteiger partial charge on any atom is -0.273 e. The van der Waals surface area contributed by atoms with Crippen molar-refractivity contribution in [2.75, 3.05) is 13.1 Å². The van der Waals surface area contributed by atoms with Crippen molar-refractivity contribution in [2.45, 2.75) is 31.6 Å². The van der Waals surface area contributed by atoms with E-state index in [-0.39, 0.29) is 27.3 Å². The number of carbonyl (C=O) groups excluding carboxylic acids is 2. The van der Waals surface area contributed by atoms with Crippen molar-refractivity contribution in [1.29, 1.82) is 0 Å². The minimum atomic E-state index is -3.79. The molecule has 2 N–H and O–H groups in total. The Bertz CT molecular complexity index is 743. The summed E-state index contributed by atoms with van der Waals surface area (Å²) in [6.45, 7) is 4.03. The van der Waals surface area contributed by atoms with E-state index in [1.54, 1.807) is 13.8 Å². The molecule has 1 aromatic rings. The highest BCUT2D eigenvalue weighted by Gasteiger charge is 2.30. The monoisotopic (exact) mass is 373 g/mol. The van der Waals surface area contributed by atoms with Crippen LogP contribution in [0.15, 0.2) is 23.1 Å². The predicted molar refractivity (Wildman–Crippen MR) is 89.9 cm³/mol. The molecule has 1 aliphatic rings. The maximum absolute atomic E-state index is 12.6. The molecule has 1 aromatic carbocycles. The van der Waals surface area contributed by atoms with Crippen LogP contribution in [0.3, 0.4) is 0 Å². The highest BCUT2D eigenvalue weighted by molar-refractivity contribution is 7.89. The minimum absolute atomic E-state index is 0.0421. The average molecular weight is 374 g/mol. The molecule has 1 saturated carbocycles. The van der Waals surface area contributed by atoms with E-state index < -0.39 is 15.9 Å². The van der Waals surface area contributed by atoms with Gasteiger partial charge in [-0.15, -0.1) is 0 Å². The molecular weight excluding hydrogens is 354 g/mol. The Hall–Kier alpha value is -1.64. The highest BCUT2D eigenvalue weighted by atomic mass is 35.5. The maximum Gasteiger partial charge on any atom is 0.269 e. The summed E-state index contributed by atoms with van der Waals surface area (Å²) in [5, 5.41) is 0.0421. The van der Waals surface area contributed by atoms with Crippen LogP contribution >= 0.6 is 11.6 Å². The molecule has 1 aliphatic carbocycles. The van der Waals surface area contributed by atoms with Crippen molar-refractivity contribution < 1.29 is 18.0 Å². The molecule has 24 heavy (non-hydrogen) atoms. The molecule has 0 aromatic heterocycles. The highest BCUT2D eigenvalue weighted by Crippen LogP contribution is 2.28. The van der Waals surface area contributed by atoms with E-state index in [4.69, 9.17) is 11.6 Å². The number of benzene rings is 1. The number of hydrazine groups is 1. The number of carbonyl (C=O) groups is 2. The standard InChI is InChI=1S/C15H20ClN3O4S/c1-3-19(4-2)24(22,23)13-9-11(7-8-12(13)16)15(21)18-17-14(20)10-5-6-10/h7-10H,3-6H2,1-2H3,(H,17,20)(H,18,21). The van der Waals surface area contributed by atoms with Gasteiger partial charge in [0.05, 0.1) is 5.02 Å². The lowest BCUT2D eigenvalue weighted by Crippen LogP contribution is -2.42. The van der Waals surface area contributed by atoms with Gasteiger partial charge in [0, 0.05) is 24.6 Å². The first kappa shape index (κ1) is 18.7. The summed E-state index contributed by atoms with van der Waals surface area (Å²) in [7, 11) is -3.79. The van der Waals surface area contributed by atoms with Gasteiger partial charge in [-0.05, 0) is 31.0 Å². The maximum atomic E-state index is 12.6. The summed E-state index contributed by atoms with van der Waals surface area (Å²) >= 11 is 6.01. The molecule has 0 heterocycles. The smallest absolute Gasteiger partial charge is 0.269 e. The van der Waals surface area contributed by atoms with Crippen molar-refractivity contribution in [1.82, 2.24) is 15.2 Å². The Morgan fingerprint density at radius 3 is 2.38 bits per heavy atom. The van der Waals surface area contributed by atoms with Crippen LogP contribution in [0, 0.1) is 5.92 Å². The first-order valence-corrected chi connectivity index (χ1v) is 9.53. The molecule has 132 valence electrons. The second kappa shape index (κ2) is 7.50. The predicted octanol–water partition coefficient (Wildman–Crippen LogP) is 1.54.